The number of amides is 1. The maximum atomic E-state index is 12.2. The zero-order valence-corrected chi connectivity index (χ0v) is 12.2. The highest BCUT2D eigenvalue weighted by Gasteiger charge is 2.27. The van der Waals surface area contributed by atoms with Crippen molar-refractivity contribution < 1.29 is 9.53 Å². The number of likely N-dealkylation sites (tertiary alicyclic amines) is 1. The molecule has 0 spiro atoms. The molecule has 0 aromatic carbocycles. The van der Waals surface area contributed by atoms with Crippen molar-refractivity contribution in [1.82, 2.24) is 10.2 Å². The highest BCUT2D eigenvalue weighted by molar-refractivity contribution is 5.85. The molecule has 5 heteroatoms. The van der Waals surface area contributed by atoms with Crippen molar-refractivity contribution in [2.24, 2.45) is 11.8 Å². The Kier molecular flexibility index (Phi) is 6.39. The predicted molar refractivity (Wildman–Crippen MR) is 74.0 cm³/mol. The van der Waals surface area contributed by atoms with E-state index in [1.807, 2.05) is 4.90 Å². The molecule has 3 unspecified atom stereocenters. The van der Waals surface area contributed by atoms with Gasteiger partial charge in [0.25, 0.3) is 0 Å². The van der Waals surface area contributed by atoms with Crippen LogP contribution in [0.1, 0.15) is 26.7 Å². The molecule has 2 aliphatic heterocycles. The maximum absolute atomic E-state index is 12.2. The van der Waals surface area contributed by atoms with Crippen LogP contribution in [0.2, 0.25) is 0 Å². The molecule has 3 atom stereocenters. The lowest BCUT2D eigenvalue weighted by Crippen LogP contribution is -2.46. The van der Waals surface area contributed by atoms with Gasteiger partial charge in [-0.25, -0.2) is 0 Å². The summed E-state index contributed by atoms with van der Waals surface area (Å²) in [6, 6.07) is 0. The normalized spacial score (nSPS) is 32.8. The molecule has 0 saturated carbocycles. The van der Waals surface area contributed by atoms with Crippen LogP contribution in [0.3, 0.4) is 0 Å². The number of nitrogens with zero attached hydrogens (tertiary/aromatic N) is 1. The van der Waals surface area contributed by atoms with Crippen LogP contribution in [0.5, 0.6) is 0 Å². The van der Waals surface area contributed by atoms with Gasteiger partial charge in [0.1, 0.15) is 0 Å². The molecule has 0 aromatic heterocycles. The average molecular weight is 277 g/mol. The van der Waals surface area contributed by atoms with Crippen LogP contribution in [-0.4, -0.2) is 49.7 Å². The molecule has 2 aliphatic rings. The number of piperidine rings is 1. The van der Waals surface area contributed by atoms with Gasteiger partial charge in [-0.05, 0) is 18.3 Å². The van der Waals surface area contributed by atoms with Crippen molar-refractivity contribution in [1.29, 1.82) is 0 Å². The van der Waals surface area contributed by atoms with Crippen LogP contribution in [0.15, 0.2) is 0 Å². The first-order valence-electron chi connectivity index (χ1n) is 6.75. The number of rotatable bonds is 2. The number of halogens is 1. The van der Waals surface area contributed by atoms with E-state index in [0.717, 1.165) is 32.8 Å². The van der Waals surface area contributed by atoms with Crippen molar-refractivity contribution in [2.75, 3.05) is 32.8 Å². The van der Waals surface area contributed by atoms with Gasteiger partial charge in [-0.15, -0.1) is 12.4 Å². The van der Waals surface area contributed by atoms with Crippen LogP contribution >= 0.6 is 12.4 Å². The molecular weight excluding hydrogens is 252 g/mol. The molecule has 4 nitrogen and oxygen atoms in total. The SMILES string of the molecule is CC1CC(C)CN(C(=O)CC2CNCCO2)C1.Cl. The Morgan fingerprint density at radius 2 is 2.00 bits per heavy atom. The van der Waals surface area contributed by atoms with Gasteiger partial charge in [0, 0.05) is 26.2 Å². The van der Waals surface area contributed by atoms with E-state index in [-0.39, 0.29) is 24.4 Å². The topological polar surface area (TPSA) is 41.6 Å². The lowest BCUT2D eigenvalue weighted by molar-refractivity contribution is -0.137. The summed E-state index contributed by atoms with van der Waals surface area (Å²) >= 11 is 0. The minimum Gasteiger partial charge on any atom is -0.375 e. The number of nitrogens with one attached hydrogen (secondary N) is 1. The largest absolute Gasteiger partial charge is 0.375 e. The maximum Gasteiger partial charge on any atom is 0.225 e. The molecule has 1 amide bonds. The fourth-order valence-electron chi connectivity index (χ4n) is 2.94. The monoisotopic (exact) mass is 276 g/mol. The number of carbonyl (C=O) groups is 1. The van der Waals surface area contributed by atoms with E-state index in [0.29, 0.717) is 18.3 Å². The number of hydrogen-bond acceptors (Lipinski definition) is 3. The highest BCUT2D eigenvalue weighted by atomic mass is 35.5. The summed E-state index contributed by atoms with van der Waals surface area (Å²) in [6.45, 7) is 8.74. The number of morpholine rings is 1. The minimum absolute atomic E-state index is 0. The Morgan fingerprint density at radius 3 is 2.56 bits per heavy atom. The second kappa shape index (κ2) is 7.31. The lowest BCUT2D eigenvalue weighted by atomic mass is 9.91. The Balaban J connectivity index is 0.00000162. The Labute approximate surface area is 116 Å². The first kappa shape index (κ1) is 15.7. The van der Waals surface area contributed by atoms with E-state index in [4.69, 9.17) is 4.74 Å². The van der Waals surface area contributed by atoms with E-state index < -0.39 is 0 Å². The van der Waals surface area contributed by atoms with Gasteiger partial charge < -0.3 is 15.0 Å². The Morgan fingerprint density at radius 1 is 1.33 bits per heavy atom. The third-order valence-corrected chi connectivity index (χ3v) is 3.63. The average Bonchev–Trinajstić information content (AvgIpc) is 2.29. The second-order valence-corrected chi connectivity index (χ2v) is 5.65. The van der Waals surface area contributed by atoms with E-state index >= 15 is 0 Å². The van der Waals surface area contributed by atoms with Gasteiger partial charge in [0.15, 0.2) is 0 Å². The summed E-state index contributed by atoms with van der Waals surface area (Å²) < 4.78 is 5.58. The third-order valence-electron chi connectivity index (χ3n) is 3.63. The lowest BCUT2D eigenvalue weighted by Gasteiger charge is -2.36. The molecule has 2 heterocycles. The summed E-state index contributed by atoms with van der Waals surface area (Å²) in [6.07, 6.45) is 1.85. The first-order valence-corrected chi connectivity index (χ1v) is 6.75. The van der Waals surface area contributed by atoms with Gasteiger partial charge in [-0.1, -0.05) is 13.8 Å². The van der Waals surface area contributed by atoms with Crippen LogP contribution in [-0.2, 0) is 9.53 Å². The molecule has 106 valence electrons. The highest BCUT2D eigenvalue weighted by Crippen LogP contribution is 2.21. The standard InChI is InChI=1S/C13H24N2O2.ClH/c1-10-5-11(2)9-15(8-10)13(16)6-12-7-14-3-4-17-12;/h10-12,14H,3-9H2,1-2H3;1H. The van der Waals surface area contributed by atoms with E-state index in [1.165, 1.54) is 6.42 Å². The first-order chi connectivity index (χ1) is 8.15. The zero-order chi connectivity index (χ0) is 12.3. The van der Waals surface area contributed by atoms with E-state index in [2.05, 4.69) is 19.2 Å². The third kappa shape index (κ3) is 4.41. The van der Waals surface area contributed by atoms with Crippen LogP contribution in [0.25, 0.3) is 0 Å². The zero-order valence-electron chi connectivity index (χ0n) is 11.4. The Hall–Kier alpha value is -0.320. The summed E-state index contributed by atoms with van der Waals surface area (Å²) in [5.74, 6) is 1.53. The number of ether oxygens (including phenoxy) is 1. The second-order valence-electron chi connectivity index (χ2n) is 5.65. The molecule has 0 aliphatic carbocycles. The molecule has 0 aromatic rings. The van der Waals surface area contributed by atoms with Crippen LogP contribution < -0.4 is 5.32 Å². The Bertz CT molecular complexity index is 260. The molecule has 0 radical (unpaired) electrons. The predicted octanol–water partition coefficient (Wildman–Crippen LogP) is 1.29. The van der Waals surface area contributed by atoms with E-state index in [1.54, 1.807) is 0 Å². The summed E-state index contributed by atoms with van der Waals surface area (Å²) in [7, 11) is 0. The molecule has 2 rings (SSSR count). The summed E-state index contributed by atoms with van der Waals surface area (Å²) in [5, 5.41) is 3.26. The van der Waals surface area contributed by atoms with Crippen molar-refractivity contribution in [3.05, 3.63) is 0 Å². The van der Waals surface area contributed by atoms with E-state index in [9.17, 15) is 4.79 Å². The minimum atomic E-state index is 0. The van der Waals surface area contributed by atoms with Gasteiger partial charge in [-0.2, -0.15) is 0 Å². The van der Waals surface area contributed by atoms with Crippen molar-refractivity contribution in [2.45, 2.75) is 32.8 Å². The van der Waals surface area contributed by atoms with Crippen molar-refractivity contribution in [3.8, 4) is 0 Å². The molecule has 2 saturated heterocycles. The summed E-state index contributed by atoms with van der Waals surface area (Å²) in [5.41, 5.74) is 0. The molecular formula is C13H25ClN2O2. The van der Waals surface area contributed by atoms with Gasteiger partial charge in [0.05, 0.1) is 19.1 Å². The van der Waals surface area contributed by atoms with Gasteiger partial charge in [0.2, 0.25) is 5.91 Å². The smallest absolute Gasteiger partial charge is 0.225 e. The number of carbonyl (C=O) groups excluding carboxylic acids is 1. The summed E-state index contributed by atoms with van der Waals surface area (Å²) in [4.78, 5) is 14.2. The molecule has 2 fully saturated rings. The fourth-order valence-corrected chi connectivity index (χ4v) is 2.94. The molecule has 18 heavy (non-hydrogen) atoms. The molecule has 0 bridgehead atoms. The fraction of sp³-hybridized carbons (Fsp3) is 0.923. The van der Waals surface area contributed by atoms with Crippen LogP contribution in [0, 0.1) is 11.8 Å². The van der Waals surface area contributed by atoms with Gasteiger partial charge in [-0.3, -0.25) is 4.79 Å². The number of hydrogen-bond donors (Lipinski definition) is 1. The van der Waals surface area contributed by atoms with Crippen molar-refractivity contribution in [3.63, 3.8) is 0 Å². The van der Waals surface area contributed by atoms with Crippen LogP contribution in [0.4, 0.5) is 0 Å². The molecule has 1 N–H and O–H groups in total. The van der Waals surface area contributed by atoms with Gasteiger partial charge >= 0.3 is 0 Å². The van der Waals surface area contributed by atoms with Crippen molar-refractivity contribution >= 4 is 18.3 Å². The quantitative estimate of drug-likeness (QED) is 0.826.